The standard InChI is InChI=1S/C21H26FN3O3/c1-2-25-8-6-19(23-25)20(26)24-14-21(15-24)11-17(13-28-21)7-9-27-12-16-4-3-5-18(22)10-16/h3-6,8,10,17H,2,7,9,11-15H2,1H3. The molecule has 0 N–H and O–H groups in total. The zero-order valence-electron chi connectivity index (χ0n) is 16.1. The molecule has 1 atom stereocenters. The van der Waals surface area contributed by atoms with Crippen LogP contribution in [0.15, 0.2) is 36.5 Å². The Morgan fingerprint density at radius 2 is 2.25 bits per heavy atom. The van der Waals surface area contributed by atoms with Crippen LogP contribution in [0.5, 0.6) is 0 Å². The quantitative estimate of drug-likeness (QED) is 0.686. The minimum Gasteiger partial charge on any atom is -0.377 e. The van der Waals surface area contributed by atoms with Gasteiger partial charge in [-0.2, -0.15) is 5.10 Å². The predicted molar refractivity (Wildman–Crippen MR) is 101 cm³/mol. The number of carbonyl (C=O) groups excluding carboxylic acids is 1. The third-order valence-corrected chi connectivity index (χ3v) is 5.54. The van der Waals surface area contributed by atoms with Crippen LogP contribution in [-0.2, 0) is 22.6 Å². The molecule has 0 bridgehead atoms. The van der Waals surface area contributed by atoms with E-state index in [9.17, 15) is 9.18 Å². The fraction of sp³-hybridized carbons (Fsp3) is 0.524. The first-order valence-corrected chi connectivity index (χ1v) is 9.86. The Hall–Kier alpha value is -2.25. The molecule has 2 aliphatic heterocycles. The van der Waals surface area contributed by atoms with Crippen LogP contribution in [0.2, 0.25) is 0 Å². The number of hydrogen-bond acceptors (Lipinski definition) is 4. The number of hydrogen-bond donors (Lipinski definition) is 0. The van der Waals surface area contributed by atoms with Crippen molar-refractivity contribution in [3.63, 3.8) is 0 Å². The van der Waals surface area contributed by atoms with E-state index >= 15 is 0 Å². The van der Waals surface area contributed by atoms with Crippen molar-refractivity contribution in [1.29, 1.82) is 0 Å². The van der Waals surface area contributed by atoms with Crippen molar-refractivity contribution in [3.8, 4) is 0 Å². The number of aromatic nitrogens is 2. The number of benzene rings is 1. The summed E-state index contributed by atoms with van der Waals surface area (Å²) in [6, 6.07) is 8.25. The van der Waals surface area contributed by atoms with E-state index < -0.39 is 0 Å². The molecule has 7 heteroatoms. The Morgan fingerprint density at radius 3 is 3.00 bits per heavy atom. The Labute approximate surface area is 164 Å². The molecule has 150 valence electrons. The minimum absolute atomic E-state index is 0.0247. The van der Waals surface area contributed by atoms with Gasteiger partial charge in [0.05, 0.1) is 26.3 Å². The van der Waals surface area contributed by atoms with Crippen molar-refractivity contribution in [2.45, 2.75) is 38.5 Å². The predicted octanol–water partition coefficient (Wildman–Crippen LogP) is 2.88. The zero-order valence-corrected chi connectivity index (χ0v) is 16.1. The van der Waals surface area contributed by atoms with Crippen molar-refractivity contribution >= 4 is 5.91 Å². The largest absolute Gasteiger partial charge is 0.377 e. The van der Waals surface area contributed by atoms with Gasteiger partial charge in [-0.25, -0.2) is 4.39 Å². The van der Waals surface area contributed by atoms with Crippen LogP contribution in [-0.4, -0.2) is 52.5 Å². The molecule has 0 saturated carbocycles. The highest BCUT2D eigenvalue weighted by Crippen LogP contribution is 2.39. The molecule has 1 amide bonds. The summed E-state index contributed by atoms with van der Waals surface area (Å²) in [7, 11) is 0. The van der Waals surface area contributed by atoms with E-state index in [0.29, 0.717) is 44.5 Å². The SMILES string of the molecule is CCn1ccc(C(=O)N2CC3(CC(CCOCc4cccc(F)c4)CO3)C2)n1. The molecule has 4 rings (SSSR count). The number of aryl methyl sites for hydroxylation is 1. The van der Waals surface area contributed by atoms with E-state index in [-0.39, 0.29) is 17.3 Å². The molecule has 2 aliphatic rings. The summed E-state index contributed by atoms with van der Waals surface area (Å²) >= 11 is 0. The monoisotopic (exact) mass is 387 g/mol. The summed E-state index contributed by atoms with van der Waals surface area (Å²) in [5.74, 6) is 0.171. The smallest absolute Gasteiger partial charge is 0.274 e. The van der Waals surface area contributed by atoms with Crippen molar-refractivity contribution in [1.82, 2.24) is 14.7 Å². The molecule has 2 saturated heterocycles. The van der Waals surface area contributed by atoms with Crippen molar-refractivity contribution in [2.75, 3.05) is 26.3 Å². The maximum atomic E-state index is 13.2. The second kappa shape index (κ2) is 8.01. The number of rotatable bonds is 7. The Morgan fingerprint density at radius 1 is 1.39 bits per heavy atom. The van der Waals surface area contributed by atoms with Crippen LogP contribution in [0.25, 0.3) is 0 Å². The maximum Gasteiger partial charge on any atom is 0.274 e. The molecule has 1 aromatic heterocycles. The van der Waals surface area contributed by atoms with E-state index in [1.807, 2.05) is 24.1 Å². The Bertz CT molecular complexity index is 832. The van der Waals surface area contributed by atoms with Gasteiger partial charge in [-0.1, -0.05) is 12.1 Å². The van der Waals surface area contributed by atoms with Crippen LogP contribution < -0.4 is 0 Å². The summed E-state index contributed by atoms with van der Waals surface area (Å²) in [6.07, 6.45) is 3.68. The molecule has 3 heterocycles. The van der Waals surface area contributed by atoms with E-state index in [2.05, 4.69) is 5.10 Å². The van der Waals surface area contributed by atoms with Crippen molar-refractivity contribution in [2.24, 2.45) is 5.92 Å². The summed E-state index contributed by atoms with van der Waals surface area (Å²) in [6.45, 7) is 5.76. The molecule has 1 aromatic carbocycles. The summed E-state index contributed by atoms with van der Waals surface area (Å²) in [4.78, 5) is 14.3. The lowest BCUT2D eigenvalue weighted by atomic mass is 9.86. The lowest BCUT2D eigenvalue weighted by Crippen LogP contribution is -2.63. The molecular formula is C21H26FN3O3. The zero-order chi connectivity index (χ0) is 19.6. The van der Waals surface area contributed by atoms with Gasteiger partial charge in [-0.05, 0) is 49.4 Å². The first-order chi connectivity index (χ1) is 13.6. The number of likely N-dealkylation sites (tertiary alicyclic amines) is 1. The Balaban J connectivity index is 1.18. The molecule has 2 aromatic rings. The summed E-state index contributed by atoms with van der Waals surface area (Å²) in [5, 5.41) is 4.29. The third kappa shape index (κ3) is 4.10. The number of carbonyl (C=O) groups is 1. The summed E-state index contributed by atoms with van der Waals surface area (Å²) in [5.41, 5.74) is 1.14. The molecule has 1 spiro atoms. The van der Waals surface area contributed by atoms with Gasteiger partial charge in [0.25, 0.3) is 5.91 Å². The average molecular weight is 387 g/mol. The normalized spacial score (nSPS) is 20.5. The molecule has 0 radical (unpaired) electrons. The van der Waals surface area contributed by atoms with Gasteiger partial charge in [0.2, 0.25) is 0 Å². The van der Waals surface area contributed by atoms with Crippen LogP contribution >= 0.6 is 0 Å². The lowest BCUT2D eigenvalue weighted by molar-refractivity contribution is -0.0952. The van der Waals surface area contributed by atoms with Gasteiger partial charge < -0.3 is 14.4 Å². The molecule has 28 heavy (non-hydrogen) atoms. The van der Waals surface area contributed by atoms with Crippen LogP contribution in [0, 0.1) is 11.7 Å². The van der Waals surface area contributed by atoms with Crippen LogP contribution in [0.4, 0.5) is 4.39 Å². The number of amides is 1. The van der Waals surface area contributed by atoms with Gasteiger partial charge in [0.15, 0.2) is 0 Å². The first kappa shape index (κ1) is 19.1. The van der Waals surface area contributed by atoms with E-state index in [0.717, 1.165) is 24.9 Å². The van der Waals surface area contributed by atoms with Gasteiger partial charge in [0, 0.05) is 19.3 Å². The molecule has 6 nitrogen and oxygen atoms in total. The first-order valence-electron chi connectivity index (χ1n) is 9.86. The number of ether oxygens (including phenoxy) is 2. The average Bonchev–Trinajstić information content (AvgIpc) is 3.31. The van der Waals surface area contributed by atoms with Gasteiger partial charge in [0.1, 0.15) is 17.1 Å². The lowest BCUT2D eigenvalue weighted by Gasteiger charge is -2.46. The molecular weight excluding hydrogens is 361 g/mol. The van der Waals surface area contributed by atoms with Crippen LogP contribution in [0.3, 0.4) is 0 Å². The van der Waals surface area contributed by atoms with E-state index in [4.69, 9.17) is 9.47 Å². The van der Waals surface area contributed by atoms with E-state index in [1.54, 1.807) is 16.8 Å². The highest BCUT2D eigenvalue weighted by molar-refractivity contribution is 5.93. The third-order valence-electron chi connectivity index (χ3n) is 5.54. The van der Waals surface area contributed by atoms with Gasteiger partial charge in [-0.15, -0.1) is 0 Å². The van der Waals surface area contributed by atoms with Crippen LogP contribution in [0.1, 0.15) is 35.8 Å². The highest BCUT2D eigenvalue weighted by atomic mass is 19.1. The number of halogens is 1. The summed E-state index contributed by atoms with van der Waals surface area (Å²) < 4.78 is 26.6. The molecule has 0 aliphatic carbocycles. The second-order valence-electron chi connectivity index (χ2n) is 7.75. The number of nitrogens with zero attached hydrogens (tertiary/aromatic N) is 3. The fourth-order valence-corrected chi connectivity index (χ4v) is 4.02. The van der Waals surface area contributed by atoms with Crippen molar-refractivity contribution in [3.05, 3.63) is 53.6 Å². The Kier molecular flexibility index (Phi) is 5.46. The maximum absolute atomic E-state index is 13.2. The minimum atomic E-state index is -0.238. The fourth-order valence-electron chi connectivity index (χ4n) is 4.02. The molecule has 2 fully saturated rings. The van der Waals surface area contributed by atoms with Crippen molar-refractivity contribution < 1.29 is 18.7 Å². The highest BCUT2D eigenvalue weighted by Gasteiger charge is 2.51. The van der Waals surface area contributed by atoms with Gasteiger partial charge >= 0.3 is 0 Å². The van der Waals surface area contributed by atoms with Gasteiger partial charge in [-0.3, -0.25) is 9.48 Å². The molecule has 1 unspecified atom stereocenters. The van der Waals surface area contributed by atoms with E-state index in [1.165, 1.54) is 12.1 Å². The second-order valence-corrected chi connectivity index (χ2v) is 7.75. The topological polar surface area (TPSA) is 56.6 Å².